The number of hydrogen-bond acceptors (Lipinski definition) is 2. The van der Waals surface area contributed by atoms with Crippen molar-refractivity contribution in [3.8, 4) is 0 Å². The van der Waals surface area contributed by atoms with Gasteiger partial charge in [-0.25, -0.2) is 8.78 Å². The molecule has 0 unspecified atom stereocenters. The van der Waals surface area contributed by atoms with Crippen LogP contribution in [0.5, 0.6) is 0 Å². The maximum Gasteiger partial charge on any atom is 0.287 e. The van der Waals surface area contributed by atoms with Crippen molar-refractivity contribution in [2.24, 2.45) is 0 Å². The summed E-state index contributed by atoms with van der Waals surface area (Å²) in [5, 5.41) is 2.62. The molecule has 0 saturated carbocycles. The lowest BCUT2D eigenvalue weighted by Crippen LogP contribution is -2.26. The van der Waals surface area contributed by atoms with Gasteiger partial charge in [-0.3, -0.25) is 4.79 Å². The molecule has 0 spiro atoms. The summed E-state index contributed by atoms with van der Waals surface area (Å²) in [6.07, 6.45) is 1.39. The highest BCUT2D eigenvalue weighted by atomic mass is 19.2. The first kappa shape index (κ1) is 12.3. The number of amides is 1. The van der Waals surface area contributed by atoms with Crippen molar-refractivity contribution in [1.29, 1.82) is 0 Å². The SMILES string of the molecule is C[C@@H](NC(=O)c1ccco1)c1ccc(F)c(F)c1. The van der Waals surface area contributed by atoms with E-state index in [9.17, 15) is 13.6 Å². The zero-order valence-electron chi connectivity index (χ0n) is 9.61. The van der Waals surface area contributed by atoms with Crippen molar-refractivity contribution in [1.82, 2.24) is 5.32 Å². The number of carbonyl (C=O) groups is 1. The van der Waals surface area contributed by atoms with Crippen LogP contribution in [0.15, 0.2) is 41.0 Å². The van der Waals surface area contributed by atoms with Gasteiger partial charge in [-0.1, -0.05) is 6.07 Å². The van der Waals surface area contributed by atoms with Crippen LogP contribution in [-0.4, -0.2) is 5.91 Å². The third kappa shape index (κ3) is 2.56. The third-order valence-corrected chi connectivity index (χ3v) is 2.54. The summed E-state index contributed by atoms with van der Waals surface area (Å²) in [7, 11) is 0. The maximum atomic E-state index is 13.0. The summed E-state index contributed by atoms with van der Waals surface area (Å²) >= 11 is 0. The van der Waals surface area contributed by atoms with Crippen molar-refractivity contribution in [3.63, 3.8) is 0 Å². The molecule has 1 N–H and O–H groups in total. The fourth-order valence-electron chi connectivity index (χ4n) is 1.54. The smallest absolute Gasteiger partial charge is 0.287 e. The highest BCUT2D eigenvalue weighted by Crippen LogP contribution is 2.16. The van der Waals surface area contributed by atoms with Crippen molar-refractivity contribution in [3.05, 3.63) is 59.6 Å². The largest absolute Gasteiger partial charge is 0.459 e. The Morgan fingerprint density at radius 2 is 2.06 bits per heavy atom. The van der Waals surface area contributed by atoms with Crippen molar-refractivity contribution in [2.45, 2.75) is 13.0 Å². The van der Waals surface area contributed by atoms with E-state index >= 15 is 0 Å². The molecule has 0 aliphatic heterocycles. The number of rotatable bonds is 3. The molecule has 0 saturated heterocycles. The van der Waals surface area contributed by atoms with Gasteiger partial charge in [-0.15, -0.1) is 0 Å². The van der Waals surface area contributed by atoms with E-state index in [0.717, 1.165) is 12.1 Å². The predicted octanol–water partition coefficient (Wildman–Crippen LogP) is 3.05. The highest BCUT2D eigenvalue weighted by Gasteiger charge is 2.14. The number of benzene rings is 1. The average Bonchev–Trinajstić information content (AvgIpc) is 2.86. The minimum Gasteiger partial charge on any atom is -0.459 e. The second-order valence-corrected chi connectivity index (χ2v) is 3.85. The third-order valence-electron chi connectivity index (χ3n) is 2.54. The molecule has 18 heavy (non-hydrogen) atoms. The van der Waals surface area contributed by atoms with E-state index in [2.05, 4.69) is 5.32 Å². The number of nitrogens with one attached hydrogen (secondary N) is 1. The molecule has 1 amide bonds. The fourth-order valence-corrected chi connectivity index (χ4v) is 1.54. The van der Waals surface area contributed by atoms with Crippen LogP contribution in [0.4, 0.5) is 8.78 Å². The quantitative estimate of drug-likeness (QED) is 0.911. The summed E-state index contributed by atoms with van der Waals surface area (Å²) in [6.45, 7) is 1.67. The van der Waals surface area contributed by atoms with Crippen LogP contribution in [0.3, 0.4) is 0 Å². The molecule has 1 aromatic carbocycles. The molecule has 0 fully saturated rings. The zero-order valence-corrected chi connectivity index (χ0v) is 9.61. The van der Waals surface area contributed by atoms with Crippen LogP contribution < -0.4 is 5.32 Å². The van der Waals surface area contributed by atoms with E-state index < -0.39 is 23.6 Å². The van der Waals surface area contributed by atoms with Crippen LogP contribution in [0.25, 0.3) is 0 Å². The van der Waals surface area contributed by atoms with Gasteiger partial charge in [0.1, 0.15) is 0 Å². The summed E-state index contributed by atoms with van der Waals surface area (Å²) in [5.41, 5.74) is 0.480. The molecule has 3 nitrogen and oxygen atoms in total. The zero-order chi connectivity index (χ0) is 13.1. The van der Waals surface area contributed by atoms with Gasteiger partial charge in [-0.05, 0) is 36.8 Å². The number of hydrogen-bond donors (Lipinski definition) is 1. The molecular formula is C13H11F2NO2. The molecule has 5 heteroatoms. The molecule has 94 valence electrons. The lowest BCUT2D eigenvalue weighted by Gasteiger charge is -2.13. The van der Waals surface area contributed by atoms with E-state index in [0.29, 0.717) is 5.56 Å². The first-order valence-corrected chi connectivity index (χ1v) is 5.37. The van der Waals surface area contributed by atoms with Gasteiger partial charge in [0.15, 0.2) is 17.4 Å². The molecular weight excluding hydrogens is 240 g/mol. The summed E-state index contributed by atoms with van der Waals surface area (Å²) in [6, 6.07) is 6.18. The molecule has 1 aromatic heterocycles. The number of halogens is 2. The molecule has 1 heterocycles. The minimum absolute atomic E-state index is 0.171. The van der Waals surface area contributed by atoms with Gasteiger partial charge in [0, 0.05) is 0 Å². The predicted molar refractivity (Wildman–Crippen MR) is 60.9 cm³/mol. The van der Waals surface area contributed by atoms with Gasteiger partial charge >= 0.3 is 0 Å². The minimum atomic E-state index is -0.938. The lowest BCUT2D eigenvalue weighted by atomic mass is 10.1. The van der Waals surface area contributed by atoms with E-state index in [-0.39, 0.29) is 5.76 Å². The Labute approximate surface area is 102 Å². The van der Waals surface area contributed by atoms with Crippen LogP contribution in [-0.2, 0) is 0 Å². The Morgan fingerprint density at radius 3 is 2.67 bits per heavy atom. The van der Waals surface area contributed by atoms with Gasteiger partial charge in [-0.2, -0.15) is 0 Å². The summed E-state index contributed by atoms with van der Waals surface area (Å²) < 4.78 is 30.7. The molecule has 0 aliphatic rings. The Bertz CT molecular complexity index is 552. The van der Waals surface area contributed by atoms with Gasteiger partial charge < -0.3 is 9.73 Å². The normalized spacial score (nSPS) is 12.2. The van der Waals surface area contributed by atoms with Crippen molar-refractivity contribution < 1.29 is 18.0 Å². The molecule has 0 bridgehead atoms. The molecule has 2 rings (SSSR count). The Morgan fingerprint density at radius 1 is 1.28 bits per heavy atom. The molecule has 2 aromatic rings. The Balaban J connectivity index is 2.10. The first-order chi connectivity index (χ1) is 8.58. The Hall–Kier alpha value is -2.17. The maximum absolute atomic E-state index is 13.0. The second-order valence-electron chi connectivity index (χ2n) is 3.85. The monoisotopic (exact) mass is 251 g/mol. The van der Waals surface area contributed by atoms with E-state index in [1.54, 1.807) is 13.0 Å². The van der Waals surface area contributed by atoms with Gasteiger partial charge in [0.25, 0.3) is 5.91 Å². The first-order valence-electron chi connectivity index (χ1n) is 5.37. The van der Waals surface area contributed by atoms with Crippen molar-refractivity contribution in [2.75, 3.05) is 0 Å². The summed E-state index contributed by atoms with van der Waals surface area (Å²) in [4.78, 5) is 11.7. The second kappa shape index (κ2) is 5.00. The van der Waals surface area contributed by atoms with Gasteiger partial charge in [0.2, 0.25) is 0 Å². The average molecular weight is 251 g/mol. The van der Waals surface area contributed by atoms with Crippen LogP contribution in [0, 0.1) is 11.6 Å². The van der Waals surface area contributed by atoms with E-state index in [4.69, 9.17) is 4.42 Å². The molecule has 0 aliphatic carbocycles. The highest BCUT2D eigenvalue weighted by molar-refractivity contribution is 5.91. The van der Waals surface area contributed by atoms with E-state index in [1.807, 2.05) is 0 Å². The van der Waals surface area contributed by atoms with E-state index in [1.165, 1.54) is 18.4 Å². The fraction of sp³-hybridized carbons (Fsp3) is 0.154. The Kier molecular flexibility index (Phi) is 3.41. The topological polar surface area (TPSA) is 42.2 Å². The number of carbonyl (C=O) groups excluding carboxylic acids is 1. The lowest BCUT2D eigenvalue weighted by molar-refractivity contribution is 0.0912. The van der Waals surface area contributed by atoms with Crippen LogP contribution in [0.1, 0.15) is 29.1 Å². The standard InChI is InChI=1S/C13H11F2NO2/c1-8(9-4-5-10(14)11(15)7-9)16-13(17)12-3-2-6-18-12/h2-8H,1H3,(H,16,17)/t8-/m1/s1. The van der Waals surface area contributed by atoms with Gasteiger partial charge in [0.05, 0.1) is 12.3 Å². The molecule has 1 atom stereocenters. The molecule has 0 radical (unpaired) electrons. The van der Waals surface area contributed by atoms with Crippen molar-refractivity contribution >= 4 is 5.91 Å². The number of furan rings is 1. The summed E-state index contributed by atoms with van der Waals surface area (Å²) in [5.74, 6) is -2.09. The van der Waals surface area contributed by atoms with Crippen LogP contribution in [0.2, 0.25) is 0 Å². The van der Waals surface area contributed by atoms with Crippen LogP contribution >= 0.6 is 0 Å².